The lowest BCUT2D eigenvalue weighted by Gasteiger charge is -2.03. The van der Waals surface area contributed by atoms with E-state index in [9.17, 15) is 14.4 Å². The van der Waals surface area contributed by atoms with Crippen molar-refractivity contribution in [2.24, 2.45) is 0 Å². The van der Waals surface area contributed by atoms with E-state index in [4.69, 9.17) is 26.6 Å². The minimum absolute atomic E-state index is 0.0277. The van der Waals surface area contributed by atoms with Gasteiger partial charge < -0.3 is 14.9 Å². The van der Waals surface area contributed by atoms with E-state index >= 15 is 0 Å². The summed E-state index contributed by atoms with van der Waals surface area (Å²) in [5.41, 5.74) is 0.335. The number of carboxylic acids is 2. The minimum atomic E-state index is -1.11. The number of hydrogen-bond acceptors (Lipinski definition) is 4. The Morgan fingerprint density at radius 2 is 1.64 bits per heavy atom. The number of ether oxygens (including phenoxy) is 1. The number of carboxylic acid groups (broad SMARTS) is 2. The zero-order valence-electron chi connectivity index (χ0n) is 12.5. The molecule has 0 amide bonds. The molecule has 22 heavy (non-hydrogen) atoms. The van der Waals surface area contributed by atoms with Crippen LogP contribution in [0, 0.1) is 6.92 Å². The highest BCUT2D eigenvalue weighted by molar-refractivity contribution is 6.17. The molecular formula is C15H19ClO6. The highest BCUT2D eigenvalue weighted by Crippen LogP contribution is 2.13. The Kier molecular flexibility index (Phi) is 9.61. The third-order valence-electron chi connectivity index (χ3n) is 2.62. The lowest BCUT2D eigenvalue weighted by Crippen LogP contribution is -2.06. The molecule has 0 aromatic heterocycles. The van der Waals surface area contributed by atoms with Crippen molar-refractivity contribution in [2.45, 2.75) is 26.7 Å². The molecule has 0 spiro atoms. The van der Waals surface area contributed by atoms with Gasteiger partial charge in [-0.25, -0.2) is 9.59 Å². The first-order valence-corrected chi connectivity index (χ1v) is 7.16. The monoisotopic (exact) mass is 330 g/mol. The summed E-state index contributed by atoms with van der Waals surface area (Å²) in [5.74, 6) is -1.82. The summed E-state index contributed by atoms with van der Waals surface area (Å²) >= 11 is 5.34. The molecule has 0 heterocycles. The van der Waals surface area contributed by atoms with Gasteiger partial charge in [-0.3, -0.25) is 4.79 Å². The zero-order valence-corrected chi connectivity index (χ0v) is 13.2. The van der Waals surface area contributed by atoms with Gasteiger partial charge in [-0.2, -0.15) is 0 Å². The number of halogens is 1. The van der Waals surface area contributed by atoms with Gasteiger partial charge in [-0.05, 0) is 31.0 Å². The van der Waals surface area contributed by atoms with Crippen molar-refractivity contribution in [2.75, 3.05) is 12.5 Å². The molecule has 0 saturated carbocycles. The molecule has 0 atom stereocenters. The predicted molar refractivity (Wildman–Crippen MR) is 81.7 cm³/mol. The SMILES string of the molecule is CCC(=O)OCCCCl.Cc1c(C(=O)O)cccc1C(=O)O. The number of carbonyl (C=O) groups is 3. The maximum atomic E-state index is 10.6. The standard InChI is InChI=1S/C9H8O4.C6H11ClO2/c1-5-6(8(10)11)3-2-4-7(5)9(12)13;1-2-6(8)9-5-3-4-7/h2-4H,1H3,(H,10,11)(H,12,13);2-5H2,1H3. The van der Waals surface area contributed by atoms with Gasteiger partial charge in [-0.1, -0.05) is 13.0 Å². The van der Waals surface area contributed by atoms with Gasteiger partial charge in [0.1, 0.15) is 0 Å². The number of esters is 1. The first-order chi connectivity index (χ1) is 10.3. The molecule has 0 fully saturated rings. The second-order valence-electron chi connectivity index (χ2n) is 4.20. The predicted octanol–water partition coefficient (Wildman–Crippen LogP) is 2.96. The Hall–Kier alpha value is -2.08. The van der Waals surface area contributed by atoms with Gasteiger partial charge in [0.2, 0.25) is 0 Å². The van der Waals surface area contributed by atoms with Crippen LogP contribution in [-0.2, 0) is 9.53 Å². The van der Waals surface area contributed by atoms with Gasteiger partial charge >= 0.3 is 17.9 Å². The summed E-state index contributed by atoms with van der Waals surface area (Å²) in [6.45, 7) is 3.70. The summed E-state index contributed by atoms with van der Waals surface area (Å²) in [5, 5.41) is 17.4. The van der Waals surface area contributed by atoms with Crippen LogP contribution in [0.3, 0.4) is 0 Å². The van der Waals surface area contributed by atoms with Gasteiger partial charge in [0.05, 0.1) is 17.7 Å². The maximum absolute atomic E-state index is 10.6. The van der Waals surface area contributed by atoms with E-state index in [2.05, 4.69) is 0 Å². The smallest absolute Gasteiger partial charge is 0.335 e. The van der Waals surface area contributed by atoms with Gasteiger partial charge in [0.15, 0.2) is 0 Å². The first-order valence-electron chi connectivity index (χ1n) is 6.62. The molecule has 6 nitrogen and oxygen atoms in total. The fraction of sp³-hybridized carbons (Fsp3) is 0.400. The minimum Gasteiger partial charge on any atom is -0.478 e. The Morgan fingerprint density at radius 1 is 1.14 bits per heavy atom. The van der Waals surface area contributed by atoms with Crippen molar-refractivity contribution in [3.63, 3.8) is 0 Å². The Bertz CT molecular complexity index is 495. The number of hydrogen-bond donors (Lipinski definition) is 2. The third kappa shape index (κ3) is 7.08. The molecule has 1 rings (SSSR count). The number of alkyl halides is 1. The maximum Gasteiger partial charge on any atom is 0.335 e. The van der Waals surface area contributed by atoms with Crippen molar-refractivity contribution in [3.8, 4) is 0 Å². The molecule has 122 valence electrons. The molecule has 1 aromatic carbocycles. The molecule has 0 saturated heterocycles. The van der Waals surface area contributed by atoms with Crippen molar-refractivity contribution in [1.82, 2.24) is 0 Å². The van der Waals surface area contributed by atoms with E-state index in [1.807, 2.05) is 0 Å². The fourth-order valence-corrected chi connectivity index (χ4v) is 1.55. The van der Waals surface area contributed by atoms with Crippen LogP contribution in [0.1, 0.15) is 46.0 Å². The topological polar surface area (TPSA) is 101 Å². The van der Waals surface area contributed by atoms with Crippen molar-refractivity contribution in [1.29, 1.82) is 0 Å². The summed E-state index contributed by atoms with van der Waals surface area (Å²) in [6, 6.07) is 4.17. The highest BCUT2D eigenvalue weighted by atomic mass is 35.5. The zero-order chi connectivity index (χ0) is 17.1. The van der Waals surface area contributed by atoms with Crippen LogP contribution in [0.15, 0.2) is 18.2 Å². The molecule has 0 aliphatic carbocycles. The van der Waals surface area contributed by atoms with Gasteiger partial charge in [0, 0.05) is 12.3 Å². The largest absolute Gasteiger partial charge is 0.478 e. The number of aromatic carboxylic acids is 2. The van der Waals surface area contributed by atoms with Gasteiger partial charge in [0.25, 0.3) is 0 Å². The second kappa shape index (κ2) is 10.6. The van der Waals surface area contributed by atoms with Gasteiger partial charge in [-0.15, -0.1) is 11.6 Å². The van der Waals surface area contributed by atoms with E-state index in [1.54, 1.807) is 6.92 Å². The van der Waals surface area contributed by atoms with Crippen molar-refractivity contribution in [3.05, 3.63) is 34.9 Å². The second-order valence-corrected chi connectivity index (χ2v) is 4.58. The number of carbonyl (C=O) groups excluding carboxylic acids is 1. The van der Waals surface area contributed by atoms with Crippen LogP contribution in [0.2, 0.25) is 0 Å². The Balaban J connectivity index is 0.000000433. The van der Waals surface area contributed by atoms with Crippen LogP contribution in [0.25, 0.3) is 0 Å². The van der Waals surface area contributed by atoms with Crippen LogP contribution >= 0.6 is 11.6 Å². The normalized spacial score (nSPS) is 9.41. The Labute approximate surface area is 133 Å². The van der Waals surface area contributed by atoms with E-state index in [0.717, 1.165) is 6.42 Å². The number of benzene rings is 1. The average Bonchev–Trinajstić information content (AvgIpc) is 2.47. The number of rotatable bonds is 6. The molecule has 7 heteroatoms. The van der Waals surface area contributed by atoms with E-state index in [-0.39, 0.29) is 22.7 Å². The average molecular weight is 331 g/mol. The molecule has 0 aliphatic heterocycles. The highest BCUT2D eigenvalue weighted by Gasteiger charge is 2.13. The van der Waals surface area contributed by atoms with Crippen LogP contribution in [0.4, 0.5) is 0 Å². The van der Waals surface area contributed by atoms with E-state index < -0.39 is 11.9 Å². The molecular weight excluding hydrogens is 312 g/mol. The molecule has 1 aromatic rings. The molecule has 0 bridgehead atoms. The molecule has 2 N–H and O–H groups in total. The third-order valence-corrected chi connectivity index (χ3v) is 2.89. The van der Waals surface area contributed by atoms with Crippen LogP contribution < -0.4 is 0 Å². The molecule has 0 aliphatic rings. The summed E-state index contributed by atoms with van der Waals surface area (Å²) < 4.78 is 4.71. The molecule has 0 radical (unpaired) electrons. The van der Waals surface area contributed by atoms with Crippen molar-refractivity contribution < 1.29 is 29.3 Å². The summed E-state index contributed by atoms with van der Waals surface area (Å²) in [6.07, 6.45) is 1.19. The summed E-state index contributed by atoms with van der Waals surface area (Å²) in [7, 11) is 0. The first kappa shape index (κ1) is 19.9. The van der Waals surface area contributed by atoms with E-state index in [1.165, 1.54) is 25.1 Å². The quantitative estimate of drug-likeness (QED) is 0.472. The van der Waals surface area contributed by atoms with Crippen molar-refractivity contribution >= 4 is 29.5 Å². The fourth-order valence-electron chi connectivity index (χ4n) is 1.44. The van der Waals surface area contributed by atoms with Crippen LogP contribution in [-0.4, -0.2) is 40.6 Å². The lowest BCUT2D eigenvalue weighted by molar-refractivity contribution is -0.143. The van der Waals surface area contributed by atoms with Crippen LogP contribution in [0.5, 0.6) is 0 Å². The van der Waals surface area contributed by atoms with E-state index in [0.29, 0.717) is 18.9 Å². The lowest BCUT2D eigenvalue weighted by atomic mass is 10.0. The Morgan fingerprint density at radius 3 is 2.00 bits per heavy atom. The summed E-state index contributed by atoms with van der Waals surface area (Å²) in [4.78, 5) is 31.6. The molecule has 0 unspecified atom stereocenters.